The van der Waals surface area contributed by atoms with Crippen molar-refractivity contribution in [3.05, 3.63) is 32.4 Å². The average Bonchev–Trinajstić information content (AvgIpc) is 3.15. The summed E-state index contributed by atoms with van der Waals surface area (Å²) in [6.07, 6.45) is 0.663. The van der Waals surface area contributed by atoms with Crippen LogP contribution in [-0.2, 0) is 9.53 Å². The van der Waals surface area contributed by atoms with Crippen LogP contribution >= 0.6 is 22.9 Å². The lowest BCUT2D eigenvalue weighted by atomic mass is 10.1. The summed E-state index contributed by atoms with van der Waals surface area (Å²) < 4.78 is 6.81. The van der Waals surface area contributed by atoms with Crippen LogP contribution in [0.3, 0.4) is 0 Å². The van der Waals surface area contributed by atoms with Crippen molar-refractivity contribution in [3.8, 4) is 0 Å². The fourth-order valence-electron chi connectivity index (χ4n) is 2.87. The van der Waals surface area contributed by atoms with E-state index in [0.29, 0.717) is 33.3 Å². The number of carbonyl (C=O) groups excluding carboxylic acids is 3. The summed E-state index contributed by atoms with van der Waals surface area (Å²) in [6, 6.07) is -0.675. The number of halogens is 1. The Morgan fingerprint density at radius 3 is 2.40 bits per heavy atom. The molecule has 2 aromatic rings. The van der Waals surface area contributed by atoms with Crippen molar-refractivity contribution in [1.29, 1.82) is 0 Å². The number of nitrogens with zero attached hydrogens (tertiary/aromatic N) is 3. The molecule has 2 aromatic heterocycles. The van der Waals surface area contributed by atoms with Crippen LogP contribution in [0.1, 0.15) is 63.3 Å². The van der Waals surface area contributed by atoms with E-state index in [1.807, 2.05) is 6.92 Å². The highest BCUT2D eigenvalue weighted by atomic mass is 35.5. The molecule has 10 heteroatoms. The highest BCUT2D eigenvalue weighted by Gasteiger charge is 2.29. The van der Waals surface area contributed by atoms with Gasteiger partial charge in [0.05, 0.1) is 33.5 Å². The van der Waals surface area contributed by atoms with Crippen LogP contribution in [-0.4, -0.2) is 53.2 Å². The molecule has 0 bridgehead atoms. The molecule has 0 saturated carbocycles. The summed E-state index contributed by atoms with van der Waals surface area (Å²) in [5.74, 6) is -1.20. The Morgan fingerprint density at radius 1 is 1.27 bits per heavy atom. The summed E-state index contributed by atoms with van der Waals surface area (Å²) in [6.45, 7) is 9.04. The molecule has 8 nitrogen and oxygen atoms in total. The zero-order valence-electron chi connectivity index (χ0n) is 18.3. The highest BCUT2D eigenvalue weighted by molar-refractivity contribution is 7.18. The number of esters is 1. The fraction of sp³-hybridized carbons (Fsp3) is 0.500. The number of aromatic nitrogens is 2. The molecular weight excluding hydrogens is 428 g/mol. The van der Waals surface area contributed by atoms with Crippen molar-refractivity contribution >= 4 is 45.7 Å². The first kappa shape index (κ1) is 23.9. The molecule has 0 radical (unpaired) electrons. The predicted octanol–water partition coefficient (Wildman–Crippen LogP) is 3.99. The lowest BCUT2D eigenvalue weighted by Gasteiger charge is -2.14. The summed E-state index contributed by atoms with van der Waals surface area (Å²) in [5.41, 5.74) is 1.98. The summed E-state index contributed by atoms with van der Waals surface area (Å²) in [7, 11) is 3.26. The van der Waals surface area contributed by atoms with E-state index >= 15 is 0 Å². The van der Waals surface area contributed by atoms with Gasteiger partial charge in [0.2, 0.25) is 5.91 Å². The zero-order chi connectivity index (χ0) is 22.7. The molecular formula is C20H27ClN4O4S. The number of carbonyl (C=O) groups is 3. The molecule has 1 N–H and O–H groups in total. The van der Waals surface area contributed by atoms with Crippen LogP contribution in [0, 0.1) is 20.8 Å². The minimum Gasteiger partial charge on any atom is -0.462 e. The molecule has 1 unspecified atom stereocenters. The van der Waals surface area contributed by atoms with E-state index in [2.05, 4.69) is 10.4 Å². The van der Waals surface area contributed by atoms with Gasteiger partial charge in [0, 0.05) is 14.1 Å². The van der Waals surface area contributed by atoms with E-state index in [1.165, 1.54) is 9.58 Å². The van der Waals surface area contributed by atoms with Crippen molar-refractivity contribution in [2.24, 2.45) is 0 Å². The van der Waals surface area contributed by atoms with Gasteiger partial charge in [-0.25, -0.2) is 4.79 Å². The molecule has 30 heavy (non-hydrogen) atoms. The topological polar surface area (TPSA) is 93.5 Å². The third-order valence-electron chi connectivity index (χ3n) is 4.61. The molecule has 0 spiro atoms. The molecule has 0 aliphatic rings. The largest absolute Gasteiger partial charge is 0.462 e. The van der Waals surface area contributed by atoms with Gasteiger partial charge in [-0.2, -0.15) is 5.10 Å². The first-order valence-electron chi connectivity index (χ1n) is 9.55. The average molecular weight is 455 g/mol. The van der Waals surface area contributed by atoms with Gasteiger partial charge in [-0.3, -0.25) is 14.3 Å². The molecule has 1 atom stereocenters. The third kappa shape index (κ3) is 4.67. The molecule has 2 heterocycles. The molecule has 0 aliphatic heterocycles. The van der Waals surface area contributed by atoms with Crippen molar-refractivity contribution in [3.63, 3.8) is 0 Å². The lowest BCUT2D eigenvalue weighted by molar-refractivity contribution is -0.119. The highest BCUT2D eigenvalue weighted by Crippen LogP contribution is 2.35. The minimum absolute atomic E-state index is 0.200. The van der Waals surface area contributed by atoms with E-state index < -0.39 is 12.0 Å². The van der Waals surface area contributed by atoms with Gasteiger partial charge in [0.1, 0.15) is 11.0 Å². The Bertz CT molecular complexity index is 980. The van der Waals surface area contributed by atoms with Crippen LogP contribution in [0.2, 0.25) is 5.02 Å². The lowest BCUT2D eigenvalue weighted by Crippen LogP contribution is -2.25. The number of amides is 2. The van der Waals surface area contributed by atoms with Crippen molar-refractivity contribution in [2.75, 3.05) is 26.0 Å². The van der Waals surface area contributed by atoms with E-state index in [1.54, 1.807) is 41.8 Å². The van der Waals surface area contributed by atoms with Gasteiger partial charge in [-0.05, 0) is 39.7 Å². The van der Waals surface area contributed by atoms with Crippen LogP contribution < -0.4 is 5.32 Å². The van der Waals surface area contributed by atoms with Crippen LogP contribution in [0.15, 0.2) is 0 Å². The Hall–Kier alpha value is -2.39. The Labute approximate surface area is 185 Å². The molecule has 0 aliphatic carbocycles. The van der Waals surface area contributed by atoms with Gasteiger partial charge < -0.3 is 15.0 Å². The molecule has 2 amide bonds. The second-order valence-corrected chi connectivity index (χ2v) is 8.59. The maximum atomic E-state index is 12.9. The van der Waals surface area contributed by atoms with Crippen molar-refractivity contribution in [1.82, 2.24) is 14.7 Å². The van der Waals surface area contributed by atoms with Gasteiger partial charge in [0.15, 0.2) is 0 Å². The van der Waals surface area contributed by atoms with Crippen LogP contribution in [0.25, 0.3) is 0 Å². The molecule has 2 rings (SSSR count). The fourth-order valence-corrected chi connectivity index (χ4v) is 4.21. The second-order valence-electron chi connectivity index (χ2n) is 7.19. The maximum Gasteiger partial charge on any atom is 0.341 e. The monoisotopic (exact) mass is 454 g/mol. The molecule has 0 aromatic carbocycles. The molecule has 0 saturated heterocycles. The van der Waals surface area contributed by atoms with Crippen molar-refractivity contribution in [2.45, 2.75) is 47.1 Å². The SMILES string of the molecule is CCCOC(=O)c1c(NC(=O)C(C)n2nc(C)c(Cl)c2C)sc(C(=O)N(C)C)c1C. The van der Waals surface area contributed by atoms with Gasteiger partial charge in [-0.1, -0.05) is 18.5 Å². The Balaban J connectivity index is 2.42. The number of thiophene rings is 1. The molecule has 164 valence electrons. The first-order chi connectivity index (χ1) is 14.0. The van der Waals surface area contributed by atoms with Crippen molar-refractivity contribution < 1.29 is 19.1 Å². The number of aryl methyl sites for hydroxylation is 1. The van der Waals surface area contributed by atoms with Gasteiger partial charge in [0.25, 0.3) is 5.91 Å². The second kappa shape index (κ2) is 9.61. The standard InChI is InChI=1S/C20H27ClN4O4S/c1-8-9-29-20(28)14-10(2)16(19(27)24(6)7)30-18(14)22-17(26)13(5)25-12(4)15(21)11(3)23-25/h13H,8-9H2,1-7H3,(H,22,26). The predicted molar refractivity (Wildman–Crippen MR) is 118 cm³/mol. The van der Waals surface area contributed by atoms with E-state index in [9.17, 15) is 14.4 Å². The summed E-state index contributed by atoms with van der Waals surface area (Å²) >= 11 is 7.25. The van der Waals surface area contributed by atoms with Crippen LogP contribution in [0.4, 0.5) is 5.00 Å². The van der Waals surface area contributed by atoms with Crippen LogP contribution in [0.5, 0.6) is 0 Å². The van der Waals surface area contributed by atoms with Gasteiger partial charge in [-0.15, -0.1) is 11.3 Å². The van der Waals surface area contributed by atoms with E-state index in [4.69, 9.17) is 16.3 Å². The zero-order valence-corrected chi connectivity index (χ0v) is 19.8. The van der Waals surface area contributed by atoms with E-state index in [0.717, 1.165) is 11.3 Å². The minimum atomic E-state index is -0.675. The number of rotatable bonds is 7. The Morgan fingerprint density at radius 2 is 1.90 bits per heavy atom. The van der Waals surface area contributed by atoms with E-state index in [-0.39, 0.29) is 29.0 Å². The quantitative estimate of drug-likeness (QED) is 0.638. The number of hydrogen-bond donors (Lipinski definition) is 1. The normalized spacial score (nSPS) is 11.9. The number of nitrogens with one attached hydrogen (secondary N) is 1. The van der Waals surface area contributed by atoms with Gasteiger partial charge >= 0.3 is 5.97 Å². The number of hydrogen-bond acceptors (Lipinski definition) is 6. The first-order valence-corrected chi connectivity index (χ1v) is 10.7. The maximum absolute atomic E-state index is 12.9. The smallest absolute Gasteiger partial charge is 0.341 e. The Kier molecular flexibility index (Phi) is 7.65. The number of ether oxygens (including phenoxy) is 1. The number of anilines is 1. The summed E-state index contributed by atoms with van der Waals surface area (Å²) in [5, 5.41) is 7.89. The third-order valence-corrected chi connectivity index (χ3v) is 6.35. The molecule has 0 fully saturated rings. The summed E-state index contributed by atoms with van der Waals surface area (Å²) in [4.78, 5) is 39.9.